The van der Waals surface area contributed by atoms with E-state index in [1.165, 1.54) is 11.1 Å². The molecule has 2 aromatic rings. The summed E-state index contributed by atoms with van der Waals surface area (Å²) in [6.45, 7) is 0.818. The molecule has 1 atom stereocenters. The van der Waals surface area contributed by atoms with Crippen LogP contribution in [0, 0.1) is 4.77 Å². The Kier molecular flexibility index (Phi) is 2.07. The van der Waals surface area contributed by atoms with Gasteiger partial charge in [-0.1, -0.05) is 24.3 Å². The molecule has 5 heteroatoms. The third kappa shape index (κ3) is 1.36. The normalized spacial score (nSPS) is 17.9. The van der Waals surface area contributed by atoms with E-state index in [9.17, 15) is 0 Å². The van der Waals surface area contributed by atoms with Crippen LogP contribution in [-0.2, 0) is 13.0 Å². The molecule has 1 aromatic heterocycles. The number of benzene rings is 1. The molecular weight excluding hydrogens is 220 g/mol. The lowest BCUT2D eigenvalue weighted by molar-refractivity contribution is 0.508. The number of nitrogens with one attached hydrogen (secondary N) is 1. The summed E-state index contributed by atoms with van der Waals surface area (Å²) in [6.07, 6.45) is 1.10. The number of hydrogen-bond donors (Lipinski definition) is 2. The highest BCUT2D eigenvalue weighted by atomic mass is 32.1. The summed E-state index contributed by atoms with van der Waals surface area (Å²) < 4.78 is 2.46. The van der Waals surface area contributed by atoms with Crippen LogP contribution in [0.1, 0.15) is 17.0 Å². The van der Waals surface area contributed by atoms with Crippen molar-refractivity contribution in [2.24, 2.45) is 0 Å². The van der Waals surface area contributed by atoms with Crippen LogP contribution in [-0.4, -0.2) is 14.8 Å². The molecular formula is C11H12N4S. The number of H-pyrrole nitrogens is 1. The van der Waals surface area contributed by atoms with Gasteiger partial charge in [-0.3, -0.25) is 4.57 Å². The van der Waals surface area contributed by atoms with E-state index in [-0.39, 0.29) is 0 Å². The van der Waals surface area contributed by atoms with Gasteiger partial charge in [0, 0.05) is 12.5 Å². The summed E-state index contributed by atoms with van der Waals surface area (Å²) in [7, 11) is 0. The summed E-state index contributed by atoms with van der Waals surface area (Å²) in [5.74, 6) is 0.984. The number of fused-ring (bicyclic) bond motifs is 1. The average Bonchev–Trinajstić information content (AvgIpc) is 2.56. The molecule has 0 bridgehead atoms. The maximum Gasteiger partial charge on any atom is 0.220 e. The Morgan fingerprint density at radius 3 is 3.00 bits per heavy atom. The monoisotopic (exact) mass is 232 g/mol. The highest BCUT2D eigenvalue weighted by molar-refractivity contribution is 7.71. The van der Waals surface area contributed by atoms with E-state index in [4.69, 9.17) is 18.0 Å². The number of aromatic nitrogens is 3. The van der Waals surface area contributed by atoms with Crippen LogP contribution in [0.5, 0.6) is 0 Å². The van der Waals surface area contributed by atoms with E-state index in [1.807, 2.05) is 4.57 Å². The summed E-state index contributed by atoms with van der Waals surface area (Å²) >= 11 is 5.13. The minimum atomic E-state index is 0.467. The van der Waals surface area contributed by atoms with Gasteiger partial charge in [-0.2, -0.15) is 0 Å². The fourth-order valence-electron chi connectivity index (χ4n) is 2.25. The molecule has 0 amide bonds. The van der Waals surface area contributed by atoms with Crippen molar-refractivity contribution in [1.29, 1.82) is 0 Å². The van der Waals surface area contributed by atoms with Gasteiger partial charge in [0.15, 0.2) is 4.77 Å². The van der Waals surface area contributed by atoms with Crippen LogP contribution in [0.4, 0.5) is 5.95 Å². The Labute approximate surface area is 98.1 Å². The van der Waals surface area contributed by atoms with E-state index in [0.29, 0.717) is 16.6 Å². The first kappa shape index (κ1) is 9.59. The molecule has 4 nitrogen and oxygen atoms in total. The van der Waals surface area contributed by atoms with Crippen LogP contribution in [0.25, 0.3) is 0 Å². The maximum atomic E-state index is 5.74. The van der Waals surface area contributed by atoms with Gasteiger partial charge < -0.3 is 5.73 Å². The van der Waals surface area contributed by atoms with Gasteiger partial charge in [0.1, 0.15) is 0 Å². The van der Waals surface area contributed by atoms with E-state index in [0.717, 1.165) is 13.0 Å². The van der Waals surface area contributed by atoms with Gasteiger partial charge in [-0.15, -0.1) is 5.10 Å². The first-order valence-electron chi connectivity index (χ1n) is 5.24. The number of rotatable bonds is 2. The molecule has 0 aliphatic heterocycles. The van der Waals surface area contributed by atoms with Gasteiger partial charge >= 0.3 is 0 Å². The quantitative estimate of drug-likeness (QED) is 0.777. The zero-order chi connectivity index (χ0) is 11.1. The second kappa shape index (κ2) is 3.45. The summed E-state index contributed by atoms with van der Waals surface area (Å²) in [5.41, 5.74) is 8.58. The number of nitrogen functional groups attached to an aromatic ring is 1. The average molecular weight is 232 g/mol. The minimum Gasteiger partial charge on any atom is -0.368 e. The van der Waals surface area contributed by atoms with Gasteiger partial charge in [-0.05, 0) is 29.8 Å². The molecule has 1 aromatic carbocycles. The molecule has 0 saturated carbocycles. The third-order valence-electron chi connectivity index (χ3n) is 3.15. The molecule has 16 heavy (non-hydrogen) atoms. The van der Waals surface area contributed by atoms with Gasteiger partial charge in [0.25, 0.3) is 0 Å². The molecule has 3 N–H and O–H groups in total. The Balaban J connectivity index is 1.87. The van der Waals surface area contributed by atoms with Gasteiger partial charge in [0.2, 0.25) is 5.95 Å². The van der Waals surface area contributed by atoms with Crippen molar-refractivity contribution in [3.05, 3.63) is 40.2 Å². The smallest absolute Gasteiger partial charge is 0.220 e. The number of anilines is 1. The van der Waals surface area contributed by atoms with Crippen molar-refractivity contribution in [2.75, 3.05) is 5.73 Å². The second-order valence-electron chi connectivity index (χ2n) is 4.10. The fraction of sp³-hybridized carbons (Fsp3) is 0.273. The lowest BCUT2D eigenvalue weighted by Gasteiger charge is -2.30. The third-order valence-corrected chi connectivity index (χ3v) is 3.46. The number of aromatic amines is 1. The predicted molar refractivity (Wildman–Crippen MR) is 64.7 cm³/mol. The molecule has 1 heterocycles. The molecule has 1 aliphatic carbocycles. The summed E-state index contributed by atoms with van der Waals surface area (Å²) in [4.78, 5) is 0. The minimum absolute atomic E-state index is 0.467. The zero-order valence-electron chi connectivity index (χ0n) is 8.68. The van der Waals surface area contributed by atoms with Crippen LogP contribution in [0.15, 0.2) is 24.3 Å². The summed E-state index contributed by atoms with van der Waals surface area (Å²) in [5, 5.41) is 6.61. The van der Waals surface area contributed by atoms with Crippen LogP contribution < -0.4 is 5.73 Å². The van der Waals surface area contributed by atoms with Crippen LogP contribution in [0.2, 0.25) is 0 Å². The van der Waals surface area contributed by atoms with Crippen molar-refractivity contribution in [3.8, 4) is 0 Å². The van der Waals surface area contributed by atoms with E-state index < -0.39 is 0 Å². The van der Waals surface area contributed by atoms with Crippen LogP contribution in [0.3, 0.4) is 0 Å². The van der Waals surface area contributed by atoms with Crippen molar-refractivity contribution < 1.29 is 0 Å². The molecule has 0 fully saturated rings. The van der Waals surface area contributed by atoms with Gasteiger partial charge in [0.05, 0.1) is 0 Å². The van der Waals surface area contributed by atoms with Crippen molar-refractivity contribution >= 4 is 18.2 Å². The summed E-state index contributed by atoms with van der Waals surface area (Å²) in [6, 6.07) is 8.49. The Bertz CT molecular complexity index is 584. The van der Waals surface area contributed by atoms with E-state index >= 15 is 0 Å². The Morgan fingerprint density at radius 1 is 1.50 bits per heavy atom. The topological polar surface area (TPSA) is 59.6 Å². The molecule has 1 unspecified atom stereocenters. The SMILES string of the molecule is Nc1n[nH]c(=S)n1CC1Cc2ccccc21. The van der Waals surface area contributed by atoms with E-state index in [2.05, 4.69) is 34.5 Å². The van der Waals surface area contributed by atoms with Crippen molar-refractivity contribution in [1.82, 2.24) is 14.8 Å². The zero-order valence-corrected chi connectivity index (χ0v) is 9.50. The lowest BCUT2D eigenvalue weighted by Crippen LogP contribution is -2.22. The highest BCUT2D eigenvalue weighted by Crippen LogP contribution is 2.36. The second-order valence-corrected chi connectivity index (χ2v) is 4.48. The molecule has 3 rings (SSSR count). The number of hydrogen-bond acceptors (Lipinski definition) is 3. The highest BCUT2D eigenvalue weighted by Gasteiger charge is 2.26. The maximum absolute atomic E-state index is 5.74. The van der Waals surface area contributed by atoms with E-state index in [1.54, 1.807) is 0 Å². The fourth-order valence-corrected chi connectivity index (χ4v) is 2.47. The first-order chi connectivity index (χ1) is 7.75. The molecule has 1 aliphatic rings. The number of nitrogens with two attached hydrogens (primary N) is 1. The standard InChI is InChI=1S/C11H12N4S/c12-10-13-14-11(16)15(10)6-8-5-7-3-1-2-4-9(7)8/h1-4,8H,5-6H2,(H2,12,13)(H,14,16). The Morgan fingerprint density at radius 2 is 2.31 bits per heavy atom. The largest absolute Gasteiger partial charge is 0.368 e. The first-order valence-corrected chi connectivity index (χ1v) is 5.65. The van der Waals surface area contributed by atoms with Crippen molar-refractivity contribution in [2.45, 2.75) is 18.9 Å². The predicted octanol–water partition coefficient (Wildman–Crippen LogP) is 1.86. The Hall–Kier alpha value is -1.62. The lowest BCUT2D eigenvalue weighted by atomic mass is 9.77. The van der Waals surface area contributed by atoms with Crippen molar-refractivity contribution in [3.63, 3.8) is 0 Å². The van der Waals surface area contributed by atoms with Gasteiger partial charge in [-0.25, -0.2) is 5.10 Å². The molecule has 0 spiro atoms. The molecule has 82 valence electrons. The number of nitrogens with zero attached hydrogens (tertiary/aromatic N) is 2. The molecule has 0 saturated heterocycles. The van der Waals surface area contributed by atoms with Crippen LogP contribution >= 0.6 is 12.2 Å². The molecule has 0 radical (unpaired) electrons.